The van der Waals surface area contributed by atoms with Gasteiger partial charge in [0.1, 0.15) is 5.75 Å². The number of alkyl halides is 3. The van der Waals surface area contributed by atoms with Crippen molar-refractivity contribution in [3.8, 4) is 17.6 Å². The summed E-state index contributed by atoms with van der Waals surface area (Å²) in [5, 5.41) is 2.63. The number of hydrogen-bond acceptors (Lipinski definition) is 6. The average Bonchev–Trinajstić information content (AvgIpc) is 2.88. The van der Waals surface area contributed by atoms with E-state index in [-0.39, 0.29) is 23.1 Å². The molecule has 1 aliphatic rings. The fourth-order valence-electron chi connectivity index (χ4n) is 4.16. The molecule has 3 N–H and O–H groups in total. The van der Waals surface area contributed by atoms with E-state index in [1.165, 1.54) is 37.7 Å². The number of rotatable bonds is 4. The number of nitrogen functional groups attached to an aromatic ring is 1. The Balaban J connectivity index is 1.61. The Kier molecular flexibility index (Phi) is 7.64. The van der Waals surface area contributed by atoms with E-state index in [1.807, 2.05) is 7.05 Å². The van der Waals surface area contributed by atoms with Crippen LogP contribution in [0.5, 0.6) is 5.75 Å². The smallest absolute Gasteiger partial charge is 0.416 e. The quantitative estimate of drug-likeness (QED) is 0.502. The summed E-state index contributed by atoms with van der Waals surface area (Å²) in [6, 6.07) is 8.40. The first-order chi connectivity index (χ1) is 17.6. The van der Waals surface area contributed by atoms with Crippen LogP contribution in [0.15, 0.2) is 48.8 Å². The van der Waals surface area contributed by atoms with Crippen LogP contribution in [0.4, 0.5) is 24.8 Å². The molecule has 0 unspecified atom stereocenters. The van der Waals surface area contributed by atoms with Gasteiger partial charge in [-0.2, -0.15) is 13.2 Å². The predicted octanol–water partition coefficient (Wildman–Crippen LogP) is 4.55. The third-order valence-electron chi connectivity index (χ3n) is 6.21. The van der Waals surface area contributed by atoms with E-state index in [4.69, 9.17) is 10.5 Å². The summed E-state index contributed by atoms with van der Waals surface area (Å²) in [7, 11) is 3.46. The maximum absolute atomic E-state index is 13.7. The van der Waals surface area contributed by atoms with Gasteiger partial charge in [0.2, 0.25) is 5.95 Å². The van der Waals surface area contributed by atoms with Crippen LogP contribution in [-0.2, 0) is 6.18 Å². The zero-order valence-electron chi connectivity index (χ0n) is 20.4. The molecule has 0 saturated carbocycles. The van der Waals surface area contributed by atoms with Crippen LogP contribution in [0.1, 0.15) is 51.4 Å². The first-order valence-corrected chi connectivity index (χ1v) is 11.6. The van der Waals surface area contributed by atoms with Gasteiger partial charge in [-0.15, -0.1) is 0 Å². The van der Waals surface area contributed by atoms with Crippen molar-refractivity contribution in [2.45, 2.75) is 24.9 Å². The highest BCUT2D eigenvalue weighted by Crippen LogP contribution is 2.36. The van der Waals surface area contributed by atoms with Gasteiger partial charge in [0.15, 0.2) is 0 Å². The molecule has 2 aromatic carbocycles. The summed E-state index contributed by atoms with van der Waals surface area (Å²) >= 11 is 0. The fourth-order valence-corrected chi connectivity index (χ4v) is 4.16. The van der Waals surface area contributed by atoms with Crippen molar-refractivity contribution in [1.82, 2.24) is 14.9 Å². The standard InChI is InChI=1S/C27H26F3N5O2/c1-35-9-7-18(8-10-35)21-12-22(27(28,29)30)14-23(13-21)34-25(36)20-5-6-24(37-2)19(11-20)4-3-17-15-32-26(31)33-16-17/h5-6,11-16,18H,7-10H2,1-2H3,(H,34,36)(H2,31,32,33). The van der Waals surface area contributed by atoms with Gasteiger partial charge < -0.3 is 20.7 Å². The molecule has 0 bridgehead atoms. The molecule has 37 heavy (non-hydrogen) atoms. The number of ether oxygens (including phenoxy) is 1. The second-order valence-corrected chi connectivity index (χ2v) is 8.87. The van der Waals surface area contributed by atoms with Crippen LogP contribution in [0.2, 0.25) is 0 Å². The molecule has 3 aromatic rings. The highest BCUT2D eigenvalue weighted by Gasteiger charge is 2.32. The second kappa shape index (κ2) is 10.9. The lowest BCUT2D eigenvalue weighted by Crippen LogP contribution is -2.29. The lowest BCUT2D eigenvalue weighted by Gasteiger charge is -2.29. The van der Waals surface area contributed by atoms with Gasteiger partial charge in [-0.3, -0.25) is 4.79 Å². The zero-order valence-corrected chi connectivity index (χ0v) is 20.4. The molecule has 7 nitrogen and oxygen atoms in total. The van der Waals surface area contributed by atoms with E-state index in [1.54, 1.807) is 12.1 Å². The lowest BCUT2D eigenvalue weighted by atomic mass is 9.88. The molecular weight excluding hydrogens is 483 g/mol. The number of halogens is 3. The third-order valence-corrected chi connectivity index (χ3v) is 6.21. The molecule has 1 amide bonds. The van der Waals surface area contributed by atoms with E-state index >= 15 is 0 Å². The molecule has 0 atom stereocenters. The van der Waals surface area contributed by atoms with E-state index in [9.17, 15) is 18.0 Å². The van der Waals surface area contributed by atoms with Crippen LogP contribution in [-0.4, -0.2) is 48.0 Å². The fraction of sp³-hybridized carbons (Fsp3) is 0.296. The number of aromatic nitrogens is 2. The normalized spacial score (nSPS) is 14.5. The molecule has 10 heteroatoms. The maximum atomic E-state index is 13.7. The molecule has 1 fully saturated rings. The summed E-state index contributed by atoms with van der Waals surface area (Å²) in [5.74, 6) is 5.78. The number of likely N-dealkylation sites (tertiary alicyclic amines) is 1. The van der Waals surface area contributed by atoms with Crippen LogP contribution in [0, 0.1) is 11.8 Å². The first-order valence-electron chi connectivity index (χ1n) is 11.6. The topological polar surface area (TPSA) is 93.4 Å². The van der Waals surface area contributed by atoms with Crippen molar-refractivity contribution in [2.24, 2.45) is 0 Å². The van der Waals surface area contributed by atoms with Gasteiger partial charge in [0, 0.05) is 23.6 Å². The van der Waals surface area contributed by atoms with Crippen molar-refractivity contribution in [2.75, 3.05) is 38.3 Å². The zero-order chi connectivity index (χ0) is 26.6. The molecule has 1 aliphatic heterocycles. The largest absolute Gasteiger partial charge is 0.495 e. The van der Waals surface area contributed by atoms with Gasteiger partial charge in [-0.1, -0.05) is 11.8 Å². The molecule has 1 aromatic heterocycles. The number of benzene rings is 2. The number of nitrogens with zero attached hydrogens (tertiary/aromatic N) is 3. The average molecular weight is 510 g/mol. The van der Waals surface area contributed by atoms with E-state index < -0.39 is 17.6 Å². The van der Waals surface area contributed by atoms with Gasteiger partial charge in [0.05, 0.1) is 23.8 Å². The van der Waals surface area contributed by atoms with E-state index in [0.717, 1.165) is 32.0 Å². The van der Waals surface area contributed by atoms with Crippen molar-refractivity contribution < 1.29 is 22.7 Å². The molecule has 0 radical (unpaired) electrons. The number of piperidine rings is 1. The molecule has 0 spiro atoms. The minimum Gasteiger partial charge on any atom is -0.495 e. The summed E-state index contributed by atoms with van der Waals surface area (Å²) < 4.78 is 46.3. The third kappa shape index (κ3) is 6.57. The van der Waals surface area contributed by atoms with Crippen LogP contribution in [0.3, 0.4) is 0 Å². The van der Waals surface area contributed by atoms with Gasteiger partial charge >= 0.3 is 6.18 Å². The molecule has 4 rings (SSSR count). The molecule has 192 valence electrons. The molecular formula is C27H26F3N5O2. The Morgan fingerprint density at radius 2 is 1.81 bits per heavy atom. The van der Waals surface area contributed by atoms with Crippen LogP contribution >= 0.6 is 0 Å². The molecule has 2 heterocycles. The Hall–Kier alpha value is -4.10. The summed E-state index contributed by atoms with van der Waals surface area (Å²) in [6.07, 6.45) is -0.0903. The van der Waals surface area contributed by atoms with Gasteiger partial charge in [-0.05, 0) is 80.9 Å². The van der Waals surface area contributed by atoms with E-state index in [2.05, 4.69) is 32.0 Å². The SMILES string of the molecule is COc1ccc(C(=O)Nc2cc(C3CCN(C)CC3)cc(C(F)(F)F)c2)cc1C#Cc1cnc(N)nc1. The summed E-state index contributed by atoms with van der Waals surface area (Å²) in [5.41, 5.74) is 6.52. The highest BCUT2D eigenvalue weighted by molar-refractivity contribution is 6.04. The van der Waals surface area contributed by atoms with Gasteiger partial charge in [0.25, 0.3) is 5.91 Å². The number of nitrogens with one attached hydrogen (secondary N) is 1. The Morgan fingerprint density at radius 3 is 2.46 bits per heavy atom. The number of carbonyl (C=O) groups is 1. The monoisotopic (exact) mass is 509 g/mol. The number of anilines is 2. The predicted molar refractivity (Wildman–Crippen MR) is 134 cm³/mol. The number of nitrogens with two attached hydrogens (primary N) is 1. The second-order valence-electron chi connectivity index (χ2n) is 8.87. The molecule has 0 aliphatic carbocycles. The van der Waals surface area contributed by atoms with E-state index in [0.29, 0.717) is 22.4 Å². The number of amides is 1. The maximum Gasteiger partial charge on any atom is 0.416 e. The number of methoxy groups -OCH3 is 1. The van der Waals surface area contributed by atoms with Crippen LogP contribution in [0.25, 0.3) is 0 Å². The molecule has 1 saturated heterocycles. The minimum absolute atomic E-state index is 0.00525. The lowest BCUT2D eigenvalue weighted by molar-refractivity contribution is -0.137. The van der Waals surface area contributed by atoms with Crippen molar-refractivity contribution in [1.29, 1.82) is 0 Å². The Labute approximate surface area is 212 Å². The Bertz CT molecular complexity index is 1340. The summed E-state index contributed by atoms with van der Waals surface area (Å²) in [6.45, 7) is 1.61. The number of hydrogen-bond donors (Lipinski definition) is 2. The van der Waals surface area contributed by atoms with Crippen molar-refractivity contribution in [3.05, 3.63) is 76.6 Å². The minimum atomic E-state index is -4.53. The van der Waals surface area contributed by atoms with Gasteiger partial charge in [-0.25, -0.2) is 9.97 Å². The first kappa shape index (κ1) is 26.0. The Morgan fingerprint density at radius 1 is 1.11 bits per heavy atom. The van der Waals surface area contributed by atoms with Crippen molar-refractivity contribution >= 4 is 17.5 Å². The van der Waals surface area contributed by atoms with Crippen molar-refractivity contribution in [3.63, 3.8) is 0 Å². The number of carbonyl (C=O) groups excluding carboxylic acids is 1. The van der Waals surface area contributed by atoms with Crippen LogP contribution < -0.4 is 15.8 Å². The summed E-state index contributed by atoms with van der Waals surface area (Å²) in [4.78, 5) is 23.0. The highest BCUT2D eigenvalue weighted by atomic mass is 19.4.